The molecule has 0 saturated heterocycles. The van der Waals surface area contributed by atoms with E-state index in [-0.39, 0.29) is 17.3 Å². The molecule has 0 saturated carbocycles. The average molecular weight is 260 g/mol. The number of carbonyl (C=O) groups is 1. The quantitative estimate of drug-likeness (QED) is 0.565. The molecule has 0 fully saturated rings. The number of rotatable bonds is 3. The van der Waals surface area contributed by atoms with Gasteiger partial charge in [-0.1, -0.05) is 0 Å². The van der Waals surface area contributed by atoms with Gasteiger partial charge in [-0.15, -0.1) is 0 Å². The molecule has 1 heterocycles. The second kappa shape index (κ2) is 5.01. The van der Waals surface area contributed by atoms with Crippen LogP contribution in [0.1, 0.15) is 21.6 Å². The van der Waals surface area contributed by atoms with Gasteiger partial charge in [0.1, 0.15) is 5.75 Å². The number of hydrogen-bond acceptors (Lipinski definition) is 4. The van der Waals surface area contributed by atoms with Gasteiger partial charge in [0.25, 0.3) is 5.91 Å². The first-order chi connectivity index (χ1) is 8.99. The van der Waals surface area contributed by atoms with Gasteiger partial charge < -0.3 is 16.2 Å². The van der Waals surface area contributed by atoms with Crippen LogP contribution in [0.3, 0.4) is 0 Å². The van der Waals surface area contributed by atoms with E-state index < -0.39 is 0 Å². The summed E-state index contributed by atoms with van der Waals surface area (Å²) in [5, 5.41) is 16.3. The topological polar surface area (TPSA) is 93.2 Å². The maximum Gasteiger partial charge on any atom is 0.251 e. The van der Waals surface area contributed by atoms with E-state index in [0.717, 1.165) is 11.3 Å². The minimum Gasteiger partial charge on any atom is -0.506 e. The Balaban J connectivity index is 2.05. The molecule has 0 radical (unpaired) electrons. The molecule has 1 amide bonds. The number of hydrogen-bond donors (Lipinski definition) is 3. The summed E-state index contributed by atoms with van der Waals surface area (Å²) < 4.78 is 1.75. The number of nitrogens with zero attached hydrogens (tertiary/aromatic N) is 2. The Labute approximate surface area is 110 Å². The molecular weight excluding hydrogens is 244 g/mol. The number of benzene rings is 1. The molecule has 1 aromatic heterocycles. The third kappa shape index (κ3) is 2.67. The third-order valence-corrected chi connectivity index (χ3v) is 3.07. The van der Waals surface area contributed by atoms with Crippen LogP contribution in [-0.2, 0) is 13.6 Å². The highest BCUT2D eigenvalue weighted by Gasteiger charge is 2.09. The molecule has 1 aromatic carbocycles. The number of nitrogens with one attached hydrogen (secondary N) is 1. The summed E-state index contributed by atoms with van der Waals surface area (Å²) >= 11 is 0. The molecule has 6 nitrogen and oxygen atoms in total. The molecule has 100 valence electrons. The summed E-state index contributed by atoms with van der Waals surface area (Å²) in [6.07, 6.45) is 1.72. The van der Waals surface area contributed by atoms with Crippen molar-refractivity contribution in [1.29, 1.82) is 0 Å². The number of phenols is 1. The van der Waals surface area contributed by atoms with E-state index in [2.05, 4.69) is 10.4 Å². The molecule has 2 rings (SSSR count). The van der Waals surface area contributed by atoms with Crippen molar-refractivity contribution < 1.29 is 9.90 Å². The molecule has 2 aromatic rings. The molecule has 0 spiro atoms. The van der Waals surface area contributed by atoms with E-state index in [1.807, 2.05) is 14.0 Å². The maximum atomic E-state index is 11.9. The Morgan fingerprint density at radius 3 is 2.84 bits per heavy atom. The fraction of sp³-hybridized carbons (Fsp3) is 0.231. The number of amides is 1. The Morgan fingerprint density at radius 1 is 1.53 bits per heavy atom. The van der Waals surface area contributed by atoms with E-state index in [1.165, 1.54) is 12.1 Å². The molecule has 0 aliphatic carbocycles. The minimum atomic E-state index is -0.265. The summed E-state index contributed by atoms with van der Waals surface area (Å²) in [4.78, 5) is 11.9. The van der Waals surface area contributed by atoms with Crippen LogP contribution in [0.15, 0.2) is 24.4 Å². The van der Waals surface area contributed by atoms with Crippen LogP contribution in [0, 0.1) is 6.92 Å². The average Bonchev–Trinajstić information content (AvgIpc) is 2.70. The molecule has 0 atom stereocenters. The van der Waals surface area contributed by atoms with Crippen molar-refractivity contribution in [1.82, 2.24) is 15.1 Å². The molecule has 0 aliphatic rings. The number of nitrogen functional groups attached to an aromatic ring is 1. The third-order valence-electron chi connectivity index (χ3n) is 3.07. The molecule has 0 bridgehead atoms. The van der Waals surface area contributed by atoms with Crippen molar-refractivity contribution >= 4 is 11.6 Å². The number of aryl methyl sites for hydroxylation is 1. The largest absolute Gasteiger partial charge is 0.506 e. The van der Waals surface area contributed by atoms with E-state index in [0.29, 0.717) is 12.1 Å². The lowest BCUT2D eigenvalue weighted by molar-refractivity contribution is 0.0950. The standard InChI is InChI=1S/C13H16N4O2/c1-8-10(7-16-17(8)2)6-15-13(19)9-3-4-11(14)12(18)5-9/h3-5,7,18H,6,14H2,1-2H3,(H,15,19). The zero-order valence-electron chi connectivity index (χ0n) is 10.8. The highest BCUT2D eigenvalue weighted by atomic mass is 16.3. The number of aromatic nitrogens is 2. The second-order valence-electron chi connectivity index (χ2n) is 4.34. The SMILES string of the molecule is Cc1c(CNC(=O)c2ccc(N)c(O)c2)cnn1C. The van der Waals surface area contributed by atoms with Crippen LogP contribution in [0.25, 0.3) is 0 Å². The molecule has 6 heteroatoms. The zero-order valence-corrected chi connectivity index (χ0v) is 10.8. The highest BCUT2D eigenvalue weighted by molar-refractivity contribution is 5.95. The summed E-state index contributed by atoms with van der Waals surface area (Å²) in [5.74, 6) is -0.358. The Bertz CT molecular complexity index is 619. The smallest absolute Gasteiger partial charge is 0.251 e. The van der Waals surface area contributed by atoms with Gasteiger partial charge in [0.05, 0.1) is 11.9 Å². The Morgan fingerprint density at radius 2 is 2.26 bits per heavy atom. The maximum absolute atomic E-state index is 11.9. The van der Waals surface area contributed by atoms with E-state index >= 15 is 0 Å². The fourth-order valence-electron chi connectivity index (χ4n) is 1.68. The predicted octanol–water partition coefficient (Wildman–Crippen LogP) is 0.946. The summed E-state index contributed by atoms with van der Waals surface area (Å²) in [7, 11) is 1.85. The number of anilines is 1. The first-order valence-corrected chi connectivity index (χ1v) is 5.83. The van der Waals surface area contributed by atoms with Gasteiger partial charge in [-0.05, 0) is 25.1 Å². The normalized spacial score (nSPS) is 10.4. The molecule has 0 aliphatic heterocycles. The van der Waals surface area contributed by atoms with Crippen LogP contribution < -0.4 is 11.1 Å². The van der Waals surface area contributed by atoms with Crippen molar-refractivity contribution in [2.24, 2.45) is 7.05 Å². The van der Waals surface area contributed by atoms with Gasteiger partial charge >= 0.3 is 0 Å². The van der Waals surface area contributed by atoms with Crippen molar-refractivity contribution in [3.05, 3.63) is 41.2 Å². The Kier molecular flexibility index (Phi) is 3.41. The lowest BCUT2D eigenvalue weighted by Gasteiger charge is -2.06. The summed E-state index contributed by atoms with van der Waals surface area (Å²) in [6.45, 7) is 2.33. The fourth-order valence-corrected chi connectivity index (χ4v) is 1.68. The van der Waals surface area contributed by atoms with Crippen LogP contribution in [0.5, 0.6) is 5.75 Å². The van der Waals surface area contributed by atoms with Crippen LogP contribution in [0.4, 0.5) is 5.69 Å². The second-order valence-corrected chi connectivity index (χ2v) is 4.34. The van der Waals surface area contributed by atoms with Crippen molar-refractivity contribution in [3.8, 4) is 5.75 Å². The number of carbonyl (C=O) groups excluding carboxylic acids is 1. The van der Waals surface area contributed by atoms with Gasteiger partial charge in [0, 0.05) is 30.4 Å². The van der Waals surface area contributed by atoms with E-state index in [9.17, 15) is 9.90 Å². The van der Waals surface area contributed by atoms with Crippen molar-refractivity contribution in [2.75, 3.05) is 5.73 Å². The summed E-state index contributed by atoms with van der Waals surface area (Å²) in [5.41, 5.74) is 8.06. The van der Waals surface area contributed by atoms with Gasteiger partial charge in [0.2, 0.25) is 0 Å². The van der Waals surface area contributed by atoms with Crippen molar-refractivity contribution in [3.63, 3.8) is 0 Å². The highest BCUT2D eigenvalue weighted by Crippen LogP contribution is 2.20. The Hall–Kier alpha value is -2.50. The van der Waals surface area contributed by atoms with Crippen LogP contribution in [0.2, 0.25) is 0 Å². The van der Waals surface area contributed by atoms with Crippen LogP contribution in [-0.4, -0.2) is 20.8 Å². The van der Waals surface area contributed by atoms with Crippen molar-refractivity contribution in [2.45, 2.75) is 13.5 Å². The van der Waals surface area contributed by atoms with Crippen LogP contribution >= 0.6 is 0 Å². The van der Waals surface area contributed by atoms with E-state index in [4.69, 9.17) is 5.73 Å². The van der Waals surface area contributed by atoms with Gasteiger partial charge in [-0.25, -0.2) is 0 Å². The monoisotopic (exact) mass is 260 g/mol. The molecular formula is C13H16N4O2. The zero-order chi connectivity index (χ0) is 14.0. The number of phenolic OH excluding ortho intramolecular Hbond substituents is 1. The molecule has 0 unspecified atom stereocenters. The van der Waals surface area contributed by atoms with Gasteiger partial charge in [0.15, 0.2) is 0 Å². The lowest BCUT2D eigenvalue weighted by atomic mass is 10.1. The first-order valence-electron chi connectivity index (χ1n) is 5.83. The lowest BCUT2D eigenvalue weighted by Crippen LogP contribution is -2.23. The van der Waals surface area contributed by atoms with E-state index in [1.54, 1.807) is 16.9 Å². The predicted molar refractivity (Wildman–Crippen MR) is 71.6 cm³/mol. The number of nitrogens with two attached hydrogens (primary N) is 1. The first kappa shape index (κ1) is 12.9. The van der Waals surface area contributed by atoms with Gasteiger partial charge in [-0.3, -0.25) is 9.48 Å². The summed E-state index contributed by atoms with van der Waals surface area (Å²) in [6, 6.07) is 4.42. The number of aromatic hydroxyl groups is 1. The minimum absolute atomic E-state index is 0.0924. The van der Waals surface area contributed by atoms with Gasteiger partial charge in [-0.2, -0.15) is 5.10 Å². The molecule has 19 heavy (non-hydrogen) atoms. The molecule has 4 N–H and O–H groups in total.